The first-order valence-electron chi connectivity index (χ1n) is 9.63. The van der Waals surface area contributed by atoms with E-state index in [0.717, 1.165) is 5.56 Å². The Hall–Kier alpha value is -2.26. The van der Waals surface area contributed by atoms with E-state index in [1.54, 1.807) is 6.07 Å². The van der Waals surface area contributed by atoms with E-state index in [1.807, 2.05) is 36.6 Å². The molecule has 11 heteroatoms. The number of hydrogen-bond donors (Lipinski definition) is 2. The normalized spacial score (nSPS) is 10.8. The van der Waals surface area contributed by atoms with E-state index in [1.165, 1.54) is 23.9 Å². The molecule has 0 radical (unpaired) electrons. The van der Waals surface area contributed by atoms with Crippen molar-refractivity contribution in [1.29, 1.82) is 0 Å². The number of carbonyl (C=O) groups is 2. The molecular formula is C21H20Cl3N5O2S. The van der Waals surface area contributed by atoms with E-state index in [-0.39, 0.29) is 24.1 Å². The number of aryl methyl sites for hydroxylation is 1. The van der Waals surface area contributed by atoms with Gasteiger partial charge in [0.1, 0.15) is 0 Å². The monoisotopic (exact) mass is 511 g/mol. The van der Waals surface area contributed by atoms with Crippen molar-refractivity contribution >= 4 is 64.1 Å². The molecule has 1 heterocycles. The van der Waals surface area contributed by atoms with Crippen molar-refractivity contribution in [1.82, 2.24) is 20.1 Å². The standard InChI is InChI=1S/C21H20Cl3N5O2S/c1-3-29-18(10-25-20(31)13-7-5-4-6-12(13)2)27-28-21(29)32-11-19(30)26-17-9-15(23)14(22)8-16(17)24/h4-9H,3,10-11H2,1-2H3,(H,25,31)(H,26,30). The molecule has 3 rings (SSSR count). The summed E-state index contributed by atoms with van der Waals surface area (Å²) in [6, 6.07) is 10.3. The molecule has 32 heavy (non-hydrogen) atoms. The van der Waals surface area contributed by atoms with E-state index >= 15 is 0 Å². The first-order chi connectivity index (χ1) is 15.3. The van der Waals surface area contributed by atoms with Crippen LogP contribution in [-0.4, -0.2) is 32.3 Å². The summed E-state index contributed by atoms with van der Waals surface area (Å²) < 4.78 is 1.85. The summed E-state index contributed by atoms with van der Waals surface area (Å²) in [6.45, 7) is 4.63. The molecule has 0 saturated heterocycles. The predicted molar refractivity (Wildman–Crippen MR) is 129 cm³/mol. The Morgan fingerprint density at radius 1 is 1.06 bits per heavy atom. The second-order valence-corrected chi connectivity index (χ2v) is 8.89. The molecule has 2 aromatic carbocycles. The van der Waals surface area contributed by atoms with Gasteiger partial charge in [0.15, 0.2) is 11.0 Å². The highest BCUT2D eigenvalue weighted by Crippen LogP contribution is 2.32. The number of thioether (sulfide) groups is 1. The molecule has 0 bridgehead atoms. The quantitative estimate of drug-likeness (QED) is 0.319. The maximum absolute atomic E-state index is 12.5. The molecule has 0 fully saturated rings. The van der Waals surface area contributed by atoms with Crippen LogP contribution in [0.4, 0.5) is 5.69 Å². The fraction of sp³-hybridized carbons (Fsp3) is 0.238. The molecule has 7 nitrogen and oxygen atoms in total. The van der Waals surface area contributed by atoms with E-state index in [2.05, 4.69) is 20.8 Å². The summed E-state index contributed by atoms with van der Waals surface area (Å²) in [7, 11) is 0. The fourth-order valence-corrected chi connectivity index (χ4v) is 4.31. The van der Waals surface area contributed by atoms with Crippen molar-refractivity contribution in [3.05, 3.63) is 68.4 Å². The van der Waals surface area contributed by atoms with Crippen LogP contribution >= 0.6 is 46.6 Å². The molecule has 0 aliphatic heterocycles. The van der Waals surface area contributed by atoms with Gasteiger partial charge >= 0.3 is 0 Å². The second-order valence-electron chi connectivity index (χ2n) is 6.72. The third-order valence-electron chi connectivity index (χ3n) is 4.52. The van der Waals surface area contributed by atoms with Crippen LogP contribution in [-0.2, 0) is 17.9 Å². The minimum absolute atomic E-state index is 0.0876. The fourth-order valence-electron chi connectivity index (χ4n) is 2.89. The number of halogens is 3. The molecule has 2 amide bonds. The second kappa shape index (κ2) is 11.0. The molecule has 1 aromatic heterocycles. The number of benzene rings is 2. The molecule has 0 aliphatic rings. The van der Waals surface area contributed by atoms with Gasteiger partial charge in [0, 0.05) is 12.1 Å². The first kappa shape index (κ1) is 24.4. The Morgan fingerprint density at radius 3 is 2.50 bits per heavy atom. The lowest BCUT2D eigenvalue weighted by molar-refractivity contribution is -0.113. The summed E-state index contributed by atoms with van der Waals surface area (Å²) >= 11 is 19.2. The van der Waals surface area contributed by atoms with Crippen molar-refractivity contribution in [2.75, 3.05) is 11.1 Å². The van der Waals surface area contributed by atoms with Gasteiger partial charge in [-0.05, 0) is 37.6 Å². The Bertz CT molecular complexity index is 1150. The van der Waals surface area contributed by atoms with E-state index in [9.17, 15) is 9.59 Å². The van der Waals surface area contributed by atoms with Gasteiger partial charge in [-0.3, -0.25) is 9.59 Å². The Morgan fingerprint density at radius 2 is 1.78 bits per heavy atom. The first-order valence-corrected chi connectivity index (χ1v) is 11.7. The van der Waals surface area contributed by atoms with Crippen molar-refractivity contribution in [3.8, 4) is 0 Å². The molecule has 0 saturated carbocycles. The Kier molecular flexibility index (Phi) is 8.42. The van der Waals surface area contributed by atoms with Crippen molar-refractivity contribution in [2.45, 2.75) is 32.1 Å². The molecule has 3 aromatic rings. The zero-order valence-electron chi connectivity index (χ0n) is 17.3. The highest BCUT2D eigenvalue weighted by atomic mass is 35.5. The number of anilines is 1. The average Bonchev–Trinajstić information content (AvgIpc) is 3.16. The Balaban J connectivity index is 1.60. The van der Waals surface area contributed by atoms with Crippen molar-refractivity contribution in [2.24, 2.45) is 0 Å². The summed E-state index contributed by atoms with van der Waals surface area (Å²) in [4.78, 5) is 24.8. The number of hydrogen-bond acceptors (Lipinski definition) is 5. The largest absolute Gasteiger partial charge is 0.345 e. The van der Waals surface area contributed by atoms with Crippen LogP contribution in [0.2, 0.25) is 15.1 Å². The van der Waals surface area contributed by atoms with Crippen LogP contribution in [0.5, 0.6) is 0 Å². The van der Waals surface area contributed by atoms with Crippen molar-refractivity contribution in [3.63, 3.8) is 0 Å². The summed E-state index contributed by atoms with van der Waals surface area (Å²) in [5, 5.41) is 15.4. The smallest absolute Gasteiger partial charge is 0.251 e. The lowest BCUT2D eigenvalue weighted by atomic mass is 10.1. The van der Waals surface area contributed by atoms with Gasteiger partial charge < -0.3 is 15.2 Å². The van der Waals surface area contributed by atoms with Gasteiger partial charge in [0.2, 0.25) is 5.91 Å². The third-order valence-corrected chi connectivity index (χ3v) is 6.52. The van der Waals surface area contributed by atoms with Gasteiger partial charge in [-0.15, -0.1) is 10.2 Å². The maximum Gasteiger partial charge on any atom is 0.251 e. The van der Waals surface area contributed by atoms with Gasteiger partial charge in [-0.25, -0.2) is 0 Å². The average molecular weight is 513 g/mol. The number of carbonyl (C=O) groups excluding carboxylic acids is 2. The van der Waals surface area contributed by atoms with Crippen LogP contribution in [0.15, 0.2) is 41.6 Å². The lowest BCUT2D eigenvalue weighted by Gasteiger charge is -2.10. The van der Waals surface area contributed by atoms with Gasteiger partial charge in [0.25, 0.3) is 5.91 Å². The molecular weight excluding hydrogens is 493 g/mol. The molecule has 168 valence electrons. The molecule has 0 spiro atoms. The number of nitrogens with one attached hydrogen (secondary N) is 2. The summed E-state index contributed by atoms with van der Waals surface area (Å²) in [5.74, 6) is 0.227. The van der Waals surface area contributed by atoms with Gasteiger partial charge in [-0.2, -0.15) is 0 Å². The van der Waals surface area contributed by atoms with Gasteiger partial charge in [0.05, 0.1) is 33.1 Å². The molecule has 2 N–H and O–H groups in total. The van der Waals surface area contributed by atoms with Gasteiger partial charge in [-0.1, -0.05) is 64.8 Å². The summed E-state index contributed by atoms with van der Waals surface area (Å²) in [5.41, 5.74) is 1.89. The zero-order valence-corrected chi connectivity index (χ0v) is 20.4. The van der Waals surface area contributed by atoms with E-state index in [4.69, 9.17) is 34.8 Å². The topological polar surface area (TPSA) is 88.9 Å². The van der Waals surface area contributed by atoms with Crippen LogP contribution in [0.1, 0.15) is 28.7 Å². The van der Waals surface area contributed by atoms with E-state index < -0.39 is 0 Å². The highest BCUT2D eigenvalue weighted by molar-refractivity contribution is 7.99. The van der Waals surface area contributed by atoms with Crippen LogP contribution < -0.4 is 10.6 Å². The number of amides is 2. The third kappa shape index (κ3) is 5.95. The minimum Gasteiger partial charge on any atom is -0.345 e. The number of nitrogens with zero attached hydrogens (tertiary/aromatic N) is 3. The summed E-state index contributed by atoms with van der Waals surface area (Å²) in [6.07, 6.45) is 0. The van der Waals surface area contributed by atoms with Crippen LogP contribution in [0.25, 0.3) is 0 Å². The molecule has 0 aliphatic carbocycles. The molecule has 0 unspecified atom stereocenters. The highest BCUT2D eigenvalue weighted by Gasteiger charge is 2.16. The predicted octanol–water partition coefficient (Wildman–Crippen LogP) is 5.23. The number of rotatable bonds is 8. The van der Waals surface area contributed by atoms with E-state index in [0.29, 0.717) is 43.8 Å². The Labute approximate surface area is 204 Å². The zero-order chi connectivity index (χ0) is 23.3. The minimum atomic E-state index is -0.282. The number of aromatic nitrogens is 3. The maximum atomic E-state index is 12.5. The SMILES string of the molecule is CCn1c(CNC(=O)c2ccccc2C)nnc1SCC(=O)Nc1cc(Cl)c(Cl)cc1Cl. The van der Waals surface area contributed by atoms with Crippen LogP contribution in [0, 0.1) is 6.92 Å². The lowest BCUT2D eigenvalue weighted by Crippen LogP contribution is -2.25. The van der Waals surface area contributed by atoms with Crippen molar-refractivity contribution < 1.29 is 9.59 Å². The molecule has 0 atom stereocenters. The van der Waals surface area contributed by atoms with Crippen LogP contribution in [0.3, 0.4) is 0 Å².